The highest BCUT2D eigenvalue weighted by molar-refractivity contribution is 5.95. The van der Waals surface area contributed by atoms with Crippen LogP contribution in [0.3, 0.4) is 0 Å². The van der Waals surface area contributed by atoms with Crippen LogP contribution in [0.2, 0.25) is 0 Å². The average molecular weight is 274 g/mol. The van der Waals surface area contributed by atoms with Gasteiger partial charge in [-0.15, -0.1) is 0 Å². The summed E-state index contributed by atoms with van der Waals surface area (Å²) in [5.41, 5.74) is -1.95. The molecule has 0 unspecified atom stereocenters. The van der Waals surface area contributed by atoms with E-state index >= 15 is 0 Å². The van der Waals surface area contributed by atoms with E-state index in [2.05, 4.69) is 0 Å². The maximum absolute atomic E-state index is 13.8. The molecule has 1 rings (SSSR count). The molecule has 0 aliphatic carbocycles. The highest BCUT2D eigenvalue weighted by Crippen LogP contribution is 2.24. The quantitative estimate of drug-likeness (QED) is 0.648. The van der Waals surface area contributed by atoms with Crippen LogP contribution < -0.4 is 0 Å². The second-order valence-electron chi connectivity index (χ2n) is 3.62. The Morgan fingerprint density at radius 3 is 2.58 bits per heavy atom. The van der Waals surface area contributed by atoms with E-state index in [4.69, 9.17) is 5.11 Å². The van der Waals surface area contributed by atoms with Gasteiger partial charge in [0.25, 0.3) is 5.91 Å². The van der Waals surface area contributed by atoms with Crippen molar-refractivity contribution in [1.29, 1.82) is 0 Å². The van der Waals surface area contributed by atoms with E-state index < -0.39 is 33.7 Å². The molecule has 0 saturated carbocycles. The third-order valence-corrected chi connectivity index (χ3v) is 2.52. The molecule has 0 spiro atoms. The minimum absolute atomic E-state index is 0.112. The van der Waals surface area contributed by atoms with Gasteiger partial charge in [-0.1, -0.05) is 0 Å². The Bertz CT molecular complexity index is 508. The number of rotatable bonds is 5. The number of aliphatic hydroxyl groups excluding tert-OH is 1. The van der Waals surface area contributed by atoms with Gasteiger partial charge in [0.15, 0.2) is 0 Å². The Balaban J connectivity index is 3.29. The summed E-state index contributed by atoms with van der Waals surface area (Å²) in [6, 6.07) is 1.32. The van der Waals surface area contributed by atoms with Gasteiger partial charge in [-0.25, -0.2) is 4.39 Å². The largest absolute Gasteiger partial charge is 0.395 e. The van der Waals surface area contributed by atoms with Crippen LogP contribution in [0, 0.1) is 21.7 Å². The summed E-state index contributed by atoms with van der Waals surface area (Å²) in [4.78, 5) is 22.4. The molecule has 0 radical (unpaired) electrons. The van der Waals surface area contributed by atoms with Gasteiger partial charge in [0.1, 0.15) is 11.4 Å². The number of nitrogens with zero attached hydrogens (tertiary/aromatic N) is 2. The maximum Gasteiger partial charge on any atom is 0.305 e. The van der Waals surface area contributed by atoms with Crippen molar-refractivity contribution in [2.24, 2.45) is 0 Å². The van der Waals surface area contributed by atoms with Crippen molar-refractivity contribution in [3.8, 4) is 0 Å². The zero-order valence-corrected chi connectivity index (χ0v) is 10.1. The number of hydrogen-bond acceptors (Lipinski definition) is 4. The average Bonchev–Trinajstić information content (AvgIpc) is 2.35. The lowest BCUT2D eigenvalue weighted by Gasteiger charge is -2.20. The van der Waals surface area contributed by atoms with E-state index in [0.29, 0.717) is 12.1 Å². The van der Waals surface area contributed by atoms with Gasteiger partial charge in [0.2, 0.25) is 5.82 Å². The van der Waals surface area contributed by atoms with Gasteiger partial charge in [0, 0.05) is 19.2 Å². The van der Waals surface area contributed by atoms with Crippen LogP contribution in [0.5, 0.6) is 0 Å². The van der Waals surface area contributed by atoms with Gasteiger partial charge in [-0.2, -0.15) is 4.39 Å². The van der Waals surface area contributed by atoms with E-state index in [0.717, 1.165) is 4.90 Å². The Labute approximate surface area is 107 Å². The predicted molar refractivity (Wildman–Crippen MR) is 61.7 cm³/mol. The minimum Gasteiger partial charge on any atom is -0.395 e. The summed E-state index contributed by atoms with van der Waals surface area (Å²) >= 11 is 0. The van der Waals surface area contributed by atoms with Crippen molar-refractivity contribution >= 4 is 11.6 Å². The fraction of sp³-hybridized carbons (Fsp3) is 0.364. The monoisotopic (exact) mass is 274 g/mol. The molecule has 8 heteroatoms. The fourth-order valence-corrected chi connectivity index (χ4v) is 1.56. The third kappa shape index (κ3) is 3.02. The molecular formula is C11H12F2N2O4. The van der Waals surface area contributed by atoms with Crippen LogP contribution in [0.25, 0.3) is 0 Å². The zero-order chi connectivity index (χ0) is 14.6. The molecular weight excluding hydrogens is 262 g/mol. The molecule has 1 amide bonds. The second-order valence-corrected chi connectivity index (χ2v) is 3.62. The first kappa shape index (κ1) is 15.0. The molecule has 0 aromatic heterocycles. The first-order chi connectivity index (χ1) is 8.93. The van der Waals surface area contributed by atoms with Gasteiger partial charge >= 0.3 is 5.69 Å². The van der Waals surface area contributed by atoms with Gasteiger partial charge in [-0.3, -0.25) is 14.9 Å². The van der Waals surface area contributed by atoms with Crippen molar-refractivity contribution in [2.45, 2.75) is 6.92 Å². The molecule has 1 aromatic carbocycles. The number of likely N-dealkylation sites (N-methyl/N-ethyl adjacent to an activating group) is 1. The first-order valence-corrected chi connectivity index (χ1v) is 5.46. The molecule has 1 aromatic rings. The smallest absolute Gasteiger partial charge is 0.305 e. The number of nitro groups is 1. The van der Waals surface area contributed by atoms with Crippen LogP contribution in [0.1, 0.15) is 17.3 Å². The summed E-state index contributed by atoms with van der Waals surface area (Å²) in [6.45, 7) is 1.18. The van der Waals surface area contributed by atoms with Gasteiger partial charge in [0.05, 0.1) is 11.5 Å². The number of nitro benzene ring substituents is 1. The van der Waals surface area contributed by atoms with Crippen LogP contribution in [-0.2, 0) is 0 Å². The lowest BCUT2D eigenvalue weighted by atomic mass is 10.1. The van der Waals surface area contributed by atoms with E-state index in [1.807, 2.05) is 0 Å². The summed E-state index contributed by atoms with van der Waals surface area (Å²) in [5, 5.41) is 19.3. The van der Waals surface area contributed by atoms with E-state index in [9.17, 15) is 23.7 Å². The maximum atomic E-state index is 13.8. The standard InChI is InChI=1S/C11H12F2N2O4/c1-2-14(5-6-16)11(17)9-7(12)3-4-8(10(9)13)15(18)19/h3-4,16H,2,5-6H2,1H3. The Kier molecular flexibility index (Phi) is 4.87. The van der Waals surface area contributed by atoms with Crippen molar-refractivity contribution in [3.63, 3.8) is 0 Å². The second kappa shape index (κ2) is 6.19. The molecule has 0 heterocycles. The molecule has 0 bridgehead atoms. The number of aliphatic hydroxyl groups is 1. The fourth-order valence-electron chi connectivity index (χ4n) is 1.56. The summed E-state index contributed by atoms with van der Waals surface area (Å²) in [5.74, 6) is -3.72. The topological polar surface area (TPSA) is 83.7 Å². The van der Waals surface area contributed by atoms with Crippen molar-refractivity contribution in [2.75, 3.05) is 19.7 Å². The molecule has 19 heavy (non-hydrogen) atoms. The van der Waals surface area contributed by atoms with Crippen LogP contribution in [0.15, 0.2) is 12.1 Å². The minimum atomic E-state index is -1.51. The Morgan fingerprint density at radius 1 is 1.47 bits per heavy atom. The lowest BCUT2D eigenvalue weighted by Crippen LogP contribution is -2.34. The normalized spacial score (nSPS) is 10.3. The highest BCUT2D eigenvalue weighted by Gasteiger charge is 2.28. The SMILES string of the molecule is CCN(CCO)C(=O)c1c(F)ccc([N+](=O)[O-])c1F. The number of hydrogen-bond donors (Lipinski definition) is 1. The molecule has 6 nitrogen and oxygen atoms in total. The van der Waals surface area contributed by atoms with Crippen LogP contribution in [0.4, 0.5) is 14.5 Å². The molecule has 0 atom stereocenters. The molecule has 104 valence electrons. The van der Waals surface area contributed by atoms with E-state index in [-0.39, 0.29) is 19.7 Å². The van der Waals surface area contributed by atoms with Crippen LogP contribution >= 0.6 is 0 Å². The number of halogens is 2. The number of amides is 1. The van der Waals surface area contributed by atoms with E-state index in [1.165, 1.54) is 0 Å². The van der Waals surface area contributed by atoms with Crippen molar-refractivity contribution in [3.05, 3.63) is 39.4 Å². The highest BCUT2D eigenvalue weighted by atomic mass is 19.1. The Morgan fingerprint density at radius 2 is 2.11 bits per heavy atom. The molecule has 0 saturated heterocycles. The lowest BCUT2D eigenvalue weighted by molar-refractivity contribution is -0.387. The van der Waals surface area contributed by atoms with Crippen molar-refractivity contribution < 1.29 is 23.6 Å². The third-order valence-electron chi connectivity index (χ3n) is 2.52. The predicted octanol–water partition coefficient (Wildman–Crippen LogP) is 1.33. The van der Waals surface area contributed by atoms with Crippen LogP contribution in [-0.4, -0.2) is 40.5 Å². The first-order valence-electron chi connectivity index (χ1n) is 5.46. The number of carbonyl (C=O) groups is 1. The molecule has 0 fully saturated rings. The number of benzene rings is 1. The summed E-state index contributed by atoms with van der Waals surface area (Å²) < 4.78 is 27.3. The van der Waals surface area contributed by atoms with Crippen molar-refractivity contribution in [1.82, 2.24) is 4.90 Å². The van der Waals surface area contributed by atoms with Gasteiger partial charge < -0.3 is 10.0 Å². The van der Waals surface area contributed by atoms with E-state index in [1.54, 1.807) is 6.92 Å². The van der Waals surface area contributed by atoms with Gasteiger partial charge in [-0.05, 0) is 13.0 Å². The summed E-state index contributed by atoms with van der Waals surface area (Å²) in [6.07, 6.45) is 0. The zero-order valence-electron chi connectivity index (χ0n) is 10.1. The number of carbonyl (C=O) groups excluding carboxylic acids is 1. The molecule has 1 N–H and O–H groups in total. The molecule has 0 aliphatic rings. The molecule has 0 aliphatic heterocycles. The summed E-state index contributed by atoms with van der Waals surface area (Å²) in [7, 11) is 0. The Hall–Kier alpha value is -2.09.